The number of aliphatic hydroxyl groups is 1. The summed E-state index contributed by atoms with van der Waals surface area (Å²) in [6, 6.07) is 7.62. The Morgan fingerprint density at radius 1 is 1.18 bits per heavy atom. The van der Waals surface area contributed by atoms with Gasteiger partial charge >= 0.3 is 5.69 Å². The van der Waals surface area contributed by atoms with Crippen molar-refractivity contribution in [2.24, 2.45) is 14.1 Å². The summed E-state index contributed by atoms with van der Waals surface area (Å²) in [6.07, 6.45) is 1.67. The van der Waals surface area contributed by atoms with Gasteiger partial charge in [0.1, 0.15) is 28.6 Å². The topological polar surface area (TPSA) is 99.2 Å². The van der Waals surface area contributed by atoms with E-state index >= 15 is 0 Å². The SMILES string of the molecule is C=CCc1ccccc1OC[C@@H](O)CSc1nc(C(C)(C)C)nc2c1c(=O)n(C)c(=O)n2C. The maximum atomic E-state index is 12.9. The quantitative estimate of drug-likeness (QED) is 0.307. The molecule has 2 aromatic heterocycles. The standard InChI is InChI=1S/C24H30N4O4S/c1-7-10-15-11-8-9-12-17(15)32-13-16(29)14-33-20-18-19(25-22(26-20)24(2,3)4)27(5)23(31)28(6)21(18)30/h7-9,11-12,16,29H,1,10,13-14H2,2-6H3/t16-/m1/s1. The molecule has 0 amide bonds. The number of aliphatic hydroxyl groups excluding tert-OH is 1. The summed E-state index contributed by atoms with van der Waals surface area (Å²) in [5, 5.41) is 11.3. The molecule has 2 heterocycles. The number of rotatable bonds is 8. The summed E-state index contributed by atoms with van der Waals surface area (Å²) in [4.78, 5) is 34.5. The van der Waals surface area contributed by atoms with Crippen molar-refractivity contribution >= 4 is 22.8 Å². The van der Waals surface area contributed by atoms with E-state index in [-0.39, 0.29) is 23.4 Å². The number of para-hydroxylation sites is 1. The first-order valence-corrected chi connectivity index (χ1v) is 11.6. The third kappa shape index (κ3) is 5.36. The van der Waals surface area contributed by atoms with Gasteiger partial charge in [-0.2, -0.15) is 0 Å². The molecule has 0 unspecified atom stereocenters. The van der Waals surface area contributed by atoms with Crippen molar-refractivity contribution in [2.45, 2.75) is 43.7 Å². The Morgan fingerprint density at radius 2 is 1.88 bits per heavy atom. The molecular weight excluding hydrogens is 440 g/mol. The first-order chi connectivity index (χ1) is 15.5. The van der Waals surface area contributed by atoms with Crippen LogP contribution in [0.3, 0.4) is 0 Å². The Balaban J connectivity index is 1.88. The van der Waals surface area contributed by atoms with E-state index in [1.807, 2.05) is 45.0 Å². The molecule has 176 valence electrons. The minimum absolute atomic E-state index is 0.0901. The van der Waals surface area contributed by atoms with Crippen LogP contribution in [-0.4, -0.2) is 42.7 Å². The lowest BCUT2D eigenvalue weighted by Gasteiger charge is -2.20. The summed E-state index contributed by atoms with van der Waals surface area (Å²) >= 11 is 1.25. The second-order valence-electron chi connectivity index (χ2n) is 8.88. The number of thioether (sulfide) groups is 1. The monoisotopic (exact) mass is 470 g/mol. The van der Waals surface area contributed by atoms with Crippen LogP contribution in [-0.2, 0) is 25.9 Å². The number of ether oxygens (including phenoxy) is 1. The molecule has 9 heteroatoms. The minimum Gasteiger partial charge on any atom is -0.491 e. The highest BCUT2D eigenvalue weighted by molar-refractivity contribution is 7.99. The van der Waals surface area contributed by atoms with Gasteiger partial charge in [-0.05, 0) is 18.1 Å². The number of aromatic nitrogens is 4. The predicted octanol–water partition coefficient (Wildman–Crippen LogP) is 2.59. The highest BCUT2D eigenvalue weighted by Gasteiger charge is 2.24. The largest absolute Gasteiger partial charge is 0.491 e. The molecule has 0 bridgehead atoms. The zero-order valence-corrected chi connectivity index (χ0v) is 20.5. The smallest absolute Gasteiger partial charge is 0.332 e. The summed E-state index contributed by atoms with van der Waals surface area (Å²) in [7, 11) is 3.01. The third-order valence-corrected chi connectivity index (χ3v) is 6.24. The minimum atomic E-state index is -0.800. The number of hydrogen-bond donors (Lipinski definition) is 1. The molecule has 0 fully saturated rings. The Morgan fingerprint density at radius 3 is 2.55 bits per heavy atom. The van der Waals surface area contributed by atoms with Crippen molar-refractivity contribution in [1.82, 2.24) is 19.1 Å². The molecule has 3 rings (SSSR count). The number of aryl methyl sites for hydroxylation is 1. The van der Waals surface area contributed by atoms with Gasteiger partial charge in [0.15, 0.2) is 5.65 Å². The lowest BCUT2D eigenvalue weighted by atomic mass is 9.96. The molecule has 0 aliphatic carbocycles. The highest BCUT2D eigenvalue weighted by atomic mass is 32.2. The molecule has 33 heavy (non-hydrogen) atoms. The summed E-state index contributed by atoms with van der Waals surface area (Å²) < 4.78 is 8.23. The van der Waals surface area contributed by atoms with Gasteiger partial charge in [0, 0.05) is 25.3 Å². The van der Waals surface area contributed by atoms with Crippen molar-refractivity contribution in [1.29, 1.82) is 0 Å². The lowest BCUT2D eigenvalue weighted by molar-refractivity contribution is 0.126. The average molecular weight is 471 g/mol. The number of allylic oxidation sites excluding steroid dienone is 1. The number of nitrogens with zero attached hydrogens (tertiary/aromatic N) is 4. The number of fused-ring (bicyclic) bond motifs is 1. The molecule has 0 aliphatic rings. The molecule has 1 aromatic carbocycles. The van der Waals surface area contributed by atoms with Gasteiger partial charge in [-0.15, -0.1) is 18.3 Å². The molecule has 0 aliphatic heterocycles. The van der Waals surface area contributed by atoms with Gasteiger partial charge in [-0.25, -0.2) is 14.8 Å². The van der Waals surface area contributed by atoms with Crippen LogP contribution in [0.1, 0.15) is 32.2 Å². The number of hydrogen-bond acceptors (Lipinski definition) is 7. The van der Waals surface area contributed by atoms with Gasteiger partial charge in [0.25, 0.3) is 5.56 Å². The van der Waals surface area contributed by atoms with E-state index in [9.17, 15) is 14.7 Å². The molecule has 1 atom stereocenters. The lowest BCUT2D eigenvalue weighted by Crippen LogP contribution is -2.38. The maximum Gasteiger partial charge on any atom is 0.332 e. The summed E-state index contributed by atoms with van der Waals surface area (Å²) in [5.41, 5.74) is -0.0196. The molecule has 8 nitrogen and oxygen atoms in total. The fourth-order valence-corrected chi connectivity index (χ4v) is 4.17. The first-order valence-electron chi connectivity index (χ1n) is 10.6. The molecule has 3 aromatic rings. The van der Waals surface area contributed by atoms with E-state index < -0.39 is 22.8 Å². The van der Waals surface area contributed by atoms with E-state index in [2.05, 4.69) is 16.5 Å². The van der Waals surface area contributed by atoms with E-state index in [4.69, 9.17) is 4.74 Å². The van der Waals surface area contributed by atoms with Crippen molar-refractivity contribution in [3.05, 3.63) is 69.1 Å². The third-order valence-electron chi connectivity index (χ3n) is 5.12. The van der Waals surface area contributed by atoms with Gasteiger partial charge < -0.3 is 9.84 Å². The molecule has 0 saturated carbocycles. The summed E-state index contributed by atoms with van der Waals surface area (Å²) in [5.74, 6) is 1.48. The predicted molar refractivity (Wildman–Crippen MR) is 131 cm³/mol. The van der Waals surface area contributed by atoms with Crippen LogP contribution in [0.2, 0.25) is 0 Å². The second-order valence-corrected chi connectivity index (χ2v) is 9.89. The van der Waals surface area contributed by atoms with Gasteiger partial charge in [0.2, 0.25) is 0 Å². The zero-order valence-electron chi connectivity index (χ0n) is 19.7. The molecule has 1 N–H and O–H groups in total. The van der Waals surface area contributed by atoms with Crippen molar-refractivity contribution < 1.29 is 9.84 Å². The average Bonchev–Trinajstić information content (AvgIpc) is 2.78. The molecule has 0 radical (unpaired) electrons. The molecule has 0 saturated heterocycles. The summed E-state index contributed by atoms with van der Waals surface area (Å²) in [6.45, 7) is 9.74. The first kappa shape index (κ1) is 24.7. The van der Waals surface area contributed by atoms with Crippen LogP contribution in [0, 0.1) is 0 Å². The van der Waals surface area contributed by atoms with Crippen LogP contribution in [0.25, 0.3) is 11.0 Å². The fraction of sp³-hybridized carbons (Fsp3) is 0.417. The zero-order chi connectivity index (χ0) is 24.3. The van der Waals surface area contributed by atoms with Crippen molar-refractivity contribution in [2.75, 3.05) is 12.4 Å². The van der Waals surface area contributed by atoms with E-state index in [0.717, 1.165) is 10.1 Å². The van der Waals surface area contributed by atoms with E-state index in [1.54, 1.807) is 13.1 Å². The Hall–Kier alpha value is -2.91. The van der Waals surface area contributed by atoms with Gasteiger partial charge in [-0.1, -0.05) is 45.0 Å². The maximum absolute atomic E-state index is 12.9. The Bertz CT molecular complexity index is 1290. The molecule has 0 spiro atoms. The van der Waals surface area contributed by atoms with Crippen molar-refractivity contribution in [3.63, 3.8) is 0 Å². The van der Waals surface area contributed by atoms with Crippen LogP contribution in [0.15, 0.2) is 51.5 Å². The fourth-order valence-electron chi connectivity index (χ4n) is 3.25. The normalized spacial score (nSPS) is 12.7. The van der Waals surface area contributed by atoms with Gasteiger partial charge in [-0.3, -0.25) is 13.9 Å². The van der Waals surface area contributed by atoms with E-state index in [1.165, 1.54) is 23.4 Å². The van der Waals surface area contributed by atoms with Crippen LogP contribution in [0.4, 0.5) is 0 Å². The highest BCUT2D eigenvalue weighted by Crippen LogP contribution is 2.27. The van der Waals surface area contributed by atoms with Crippen LogP contribution in [0.5, 0.6) is 5.75 Å². The Kier molecular flexibility index (Phi) is 7.44. The van der Waals surface area contributed by atoms with E-state index in [0.29, 0.717) is 23.0 Å². The second kappa shape index (κ2) is 9.93. The van der Waals surface area contributed by atoms with Crippen LogP contribution < -0.4 is 16.0 Å². The van der Waals surface area contributed by atoms with Crippen LogP contribution >= 0.6 is 11.8 Å². The number of benzene rings is 1. The van der Waals surface area contributed by atoms with Gasteiger partial charge in [0.05, 0.1) is 6.10 Å². The molecular formula is C24H30N4O4S. The van der Waals surface area contributed by atoms with Crippen molar-refractivity contribution in [3.8, 4) is 5.75 Å². The Labute approximate surface area is 197 Å².